The maximum atomic E-state index is 10.7. The minimum absolute atomic E-state index is 0.169. The van der Waals surface area contributed by atoms with Gasteiger partial charge in [0.05, 0.1) is 11.1 Å². The van der Waals surface area contributed by atoms with Crippen molar-refractivity contribution in [3.63, 3.8) is 0 Å². The summed E-state index contributed by atoms with van der Waals surface area (Å²) in [6, 6.07) is 3.90. The van der Waals surface area contributed by atoms with Gasteiger partial charge in [0, 0.05) is 24.9 Å². The molecular weight excluding hydrogens is 248 g/mol. The molecule has 0 bridgehead atoms. The SMILES string of the molecule is Cc1ccc(CC2(N)N=C(N)C([N+](=O)[O-])=CN2)n1C. The second-order valence-electron chi connectivity index (χ2n) is 4.55. The van der Waals surface area contributed by atoms with Crippen LogP contribution in [0.4, 0.5) is 0 Å². The Morgan fingerprint density at radius 3 is 2.74 bits per heavy atom. The van der Waals surface area contributed by atoms with Crippen LogP contribution in [0.2, 0.25) is 0 Å². The summed E-state index contributed by atoms with van der Waals surface area (Å²) in [4.78, 5) is 14.1. The van der Waals surface area contributed by atoms with Crippen LogP contribution in [0.1, 0.15) is 11.4 Å². The molecule has 0 saturated heterocycles. The summed E-state index contributed by atoms with van der Waals surface area (Å²) in [6.45, 7) is 1.98. The first-order valence-electron chi connectivity index (χ1n) is 5.70. The molecule has 0 aromatic carbocycles. The Balaban J connectivity index is 2.23. The number of nitrogens with two attached hydrogens (primary N) is 2. The average molecular weight is 264 g/mol. The van der Waals surface area contributed by atoms with E-state index in [2.05, 4.69) is 10.3 Å². The van der Waals surface area contributed by atoms with Crippen molar-refractivity contribution in [2.75, 3.05) is 0 Å². The number of nitrogens with zero attached hydrogens (tertiary/aromatic N) is 3. The van der Waals surface area contributed by atoms with Crippen molar-refractivity contribution in [1.82, 2.24) is 9.88 Å². The molecule has 19 heavy (non-hydrogen) atoms. The molecule has 1 aromatic heterocycles. The van der Waals surface area contributed by atoms with Gasteiger partial charge in [-0.25, -0.2) is 4.99 Å². The number of nitro groups is 1. The van der Waals surface area contributed by atoms with Crippen molar-refractivity contribution in [2.45, 2.75) is 19.1 Å². The molecule has 0 saturated carbocycles. The highest BCUT2D eigenvalue weighted by atomic mass is 16.6. The minimum Gasteiger partial charge on any atom is -0.378 e. The van der Waals surface area contributed by atoms with Crippen molar-refractivity contribution in [2.24, 2.45) is 23.5 Å². The Morgan fingerprint density at radius 1 is 1.58 bits per heavy atom. The second-order valence-corrected chi connectivity index (χ2v) is 4.55. The maximum Gasteiger partial charge on any atom is 0.326 e. The summed E-state index contributed by atoms with van der Waals surface area (Å²) in [7, 11) is 1.92. The molecule has 0 amide bonds. The zero-order chi connectivity index (χ0) is 14.2. The summed E-state index contributed by atoms with van der Waals surface area (Å²) < 4.78 is 1.98. The fraction of sp³-hybridized carbons (Fsp3) is 0.364. The Labute approximate surface area is 109 Å². The van der Waals surface area contributed by atoms with E-state index in [9.17, 15) is 10.1 Å². The molecule has 0 spiro atoms. The van der Waals surface area contributed by atoms with Gasteiger partial charge in [0.25, 0.3) is 0 Å². The number of amidine groups is 1. The average Bonchev–Trinajstić information content (AvgIpc) is 2.60. The quantitative estimate of drug-likeness (QED) is 0.504. The summed E-state index contributed by atoms with van der Waals surface area (Å²) in [5.41, 5.74) is 13.4. The van der Waals surface area contributed by atoms with Gasteiger partial charge in [-0.15, -0.1) is 0 Å². The molecule has 5 N–H and O–H groups in total. The van der Waals surface area contributed by atoms with E-state index in [4.69, 9.17) is 11.5 Å². The highest BCUT2D eigenvalue weighted by molar-refractivity contribution is 5.95. The van der Waals surface area contributed by atoms with Gasteiger partial charge in [-0.2, -0.15) is 0 Å². The molecule has 102 valence electrons. The first-order valence-corrected chi connectivity index (χ1v) is 5.70. The van der Waals surface area contributed by atoms with E-state index in [1.54, 1.807) is 0 Å². The van der Waals surface area contributed by atoms with Crippen LogP contribution >= 0.6 is 0 Å². The second kappa shape index (κ2) is 4.39. The molecule has 1 aliphatic heterocycles. The third-order valence-corrected chi connectivity index (χ3v) is 3.17. The Bertz CT molecular complexity index is 588. The molecule has 8 heteroatoms. The molecule has 1 unspecified atom stereocenters. The van der Waals surface area contributed by atoms with Gasteiger partial charge in [-0.1, -0.05) is 0 Å². The smallest absolute Gasteiger partial charge is 0.326 e. The topological polar surface area (TPSA) is 124 Å². The van der Waals surface area contributed by atoms with Gasteiger partial charge in [0.15, 0.2) is 5.79 Å². The lowest BCUT2D eigenvalue weighted by molar-refractivity contribution is -0.416. The van der Waals surface area contributed by atoms with Gasteiger partial charge in [0.1, 0.15) is 0 Å². The maximum absolute atomic E-state index is 10.7. The molecule has 0 aliphatic carbocycles. The molecule has 1 aliphatic rings. The van der Waals surface area contributed by atoms with Crippen molar-refractivity contribution < 1.29 is 4.92 Å². The zero-order valence-corrected chi connectivity index (χ0v) is 10.8. The first kappa shape index (κ1) is 13.1. The standard InChI is InChI=1S/C11H16N6O2/c1-7-3-4-8(16(7)2)5-11(13)14-6-9(17(18)19)10(12)15-11/h3-4,6,14H,5,13H2,1-2H3,(H2,12,15). The Kier molecular flexibility index (Phi) is 3.03. The van der Waals surface area contributed by atoms with Crippen LogP contribution in [0, 0.1) is 17.0 Å². The largest absolute Gasteiger partial charge is 0.378 e. The van der Waals surface area contributed by atoms with Crippen LogP contribution < -0.4 is 16.8 Å². The normalized spacial score (nSPS) is 22.5. The fourth-order valence-electron chi connectivity index (χ4n) is 1.93. The molecule has 2 rings (SSSR count). The number of nitrogens with one attached hydrogen (secondary N) is 1. The summed E-state index contributed by atoms with van der Waals surface area (Å²) in [5, 5.41) is 13.4. The number of aromatic nitrogens is 1. The van der Waals surface area contributed by atoms with Gasteiger partial charge >= 0.3 is 5.70 Å². The first-order chi connectivity index (χ1) is 8.82. The van der Waals surface area contributed by atoms with Gasteiger partial charge in [0.2, 0.25) is 5.84 Å². The lowest BCUT2D eigenvalue weighted by atomic mass is 10.1. The molecule has 1 aromatic rings. The van der Waals surface area contributed by atoms with Crippen molar-refractivity contribution >= 4 is 5.84 Å². The van der Waals surface area contributed by atoms with E-state index in [1.807, 2.05) is 30.7 Å². The van der Waals surface area contributed by atoms with E-state index in [-0.39, 0.29) is 11.5 Å². The lowest BCUT2D eigenvalue weighted by Crippen LogP contribution is -2.55. The Hall–Kier alpha value is -2.35. The van der Waals surface area contributed by atoms with Gasteiger partial charge in [-0.3, -0.25) is 15.8 Å². The van der Waals surface area contributed by atoms with E-state index < -0.39 is 10.7 Å². The van der Waals surface area contributed by atoms with Crippen molar-refractivity contribution in [1.29, 1.82) is 0 Å². The van der Waals surface area contributed by atoms with Crippen LogP contribution in [0.3, 0.4) is 0 Å². The molecule has 1 atom stereocenters. The number of aliphatic imine (C=N–C) groups is 1. The van der Waals surface area contributed by atoms with E-state index in [1.165, 1.54) is 6.20 Å². The molecule has 0 fully saturated rings. The van der Waals surface area contributed by atoms with Gasteiger partial charge in [-0.05, 0) is 19.1 Å². The third-order valence-electron chi connectivity index (χ3n) is 3.17. The highest BCUT2D eigenvalue weighted by Crippen LogP contribution is 2.16. The van der Waals surface area contributed by atoms with E-state index in [0.717, 1.165) is 11.4 Å². The van der Waals surface area contributed by atoms with Crippen LogP contribution in [-0.4, -0.2) is 21.1 Å². The monoisotopic (exact) mass is 264 g/mol. The van der Waals surface area contributed by atoms with Crippen LogP contribution in [-0.2, 0) is 13.5 Å². The highest BCUT2D eigenvalue weighted by Gasteiger charge is 2.32. The number of hydrogen-bond acceptors (Lipinski definition) is 6. The number of rotatable bonds is 3. The third kappa shape index (κ3) is 2.43. The molecular formula is C11H16N6O2. The summed E-state index contributed by atoms with van der Waals surface area (Å²) >= 11 is 0. The van der Waals surface area contributed by atoms with Crippen LogP contribution in [0.5, 0.6) is 0 Å². The minimum atomic E-state index is -1.16. The fourth-order valence-corrected chi connectivity index (χ4v) is 1.93. The lowest BCUT2D eigenvalue weighted by Gasteiger charge is -2.28. The predicted molar refractivity (Wildman–Crippen MR) is 70.6 cm³/mol. The Morgan fingerprint density at radius 2 is 2.26 bits per heavy atom. The number of hydrogen-bond donors (Lipinski definition) is 3. The summed E-state index contributed by atoms with van der Waals surface area (Å²) in [5.74, 6) is -1.33. The van der Waals surface area contributed by atoms with Crippen LogP contribution in [0.25, 0.3) is 0 Å². The molecule has 2 heterocycles. The van der Waals surface area contributed by atoms with Crippen molar-refractivity contribution in [3.05, 3.63) is 45.5 Å². The summed E-state index contributed by atoms with van der Waals surface area (Å²) in [6.07, 6.45) is 1.57. The van der Waals surface area contributed by atoms with Crippen LogP contribution in [0.15, 0.2) is 29.0 Å². The van der Waals surface area contributed by atoms with Crippen molar-refractivity contribution in [3.8, 4) is 0 Å². The molecule has 8 nitrogen and oxygen atoms in total. The van der Waals surface area contributed by atoms with E-state index in [0.29, 0.717) is 6.42 Å². The molecule has 0 radical (unpaired) electrons. The van der Waals surface area contributed by atoms with E-state index >= 15 is 0 Å². The predicted octanol–water partition coefficient (Wildman–Crippen LogP) is -0.433. The van der Waals surface area contributed by atoms with Gasteiger partial charge < -0.3 is 15.6 Å². The zero-order valence-electron chi connectivity index (χ0n) is 10.8. The number of aryl methyl sites for hydroxylation is 1.